The predicted molar refractivity (Wildman–Crippen MR) is 114 cm³/mol. The molecule has 1 aromatic rings. The monoisotopic (exact) mass is 385 g/mol. The van der Waals surface area contributed by atoms with Crippen LogP contribution in [-0.4, -0.2) is 92.8 Å². The molecule has 6 nitrogen and oxygen atoms in total. The van der Waals surface area contributed by atoms with E-state index in [2.05, 4.69) is 62.4 Å². The van der Waals surface area contributed by atoms with E-state index in [0.717, 1.165) is 45.3 Å². The second kappa shape index (κ2) is 9.25. The smallest absolute Gasteiger partial charge is 0.193 e. The standard InChI is InChI=1S/C22H35N5O/c1-23-22(24-13-19-9-6-10-25(2)14-19)27-16-20-21(17-27)28-12-11-26(20)15-18-7-4-3-5-8-18/h3-5,7-8,19-21H,6,9-17H2,1-2H3,(H,23,24). The molecule has 0 aromatic heterocycles. The summed E-state index contributed by atoms with van der Waals surface area (Å²) in [5, 5.41) is 3.65. The molecule has 3 heterocycles. The maximum Gasteiger partial charge on any atom is 0.193 e. The molecule has 0 saturated carbocycles. The van der Waals surface area contributed by atoms with Gasteiger partial charge in [-0.15, -0.1) is 0 Å². The lowest BCUT2D eigenvalue weighted by molar-refractivity contribution is -0.0502. The van der Waals surface area contributed by atoms with Crippen LogP contribution in [-0.2, 0) is 11.3 Å². The fourth-order valence-corrected chi connectivity index (χ4v) is 4.95. The van der Waals surface area contributed by atoms with Crippen molar-refractivity contribution in [2.75, 3.05) is 60.0 Å². The third-order valence-electron chi connectivity index (χ3n) is 6.43. The van der Waals surface area contributed by atoms with Gasteiger partial charge in [0.15, 0.2) is 5.96 Å². The highest BCUT2D eigenvalue weighted by atomic mass is 16.5. The van der Waals surface area contributed by atoms with Gasteiger partial charge in [0.1, 0.15) is 0 Å². The number of nitrogens with one attached hydrogen (secondary N) is 1. The van der Waals surface area contributed by atoms with E-state index in [0.29, 0.717) is 12.0 Å². The van der Waals surface area contributed by atoms with Gasteiger partial charge in [-0.2, -0.15) is 0 Å². The lowest BCUT2D eigenvalue weighted by Gasteiger charge is -2.36. The first-order valence-corrected chi connectivity index (χ1v) is 10.8. The average molecular weight is 386 g/mol. The van der Waals surface area contributed by atoms with E-state index in [-0.39, 0.29) is 6.10 Å². The summed E-state index contributed by atoms with van der Waals surface area (Å²) in [6.45, 7) is 8.17. The quantitative estimate of drug-likeness (QED) is 0.628. The van der Waals surface area contributed by atoms with Crippen LogP contribution in [0.4, 0.5) is 0 Å². The summed E-state index contributed by atoms with van der Waals surface area (Å²) in [6.07, 6.45) is 2.89. The van der Waals surface area contributed by atoms with Crippen molar-refractivity contribution in [2.45, 2.75) is 31.5 Å². The molecule has 3 aliphatic heterocycles. The molecule has 0 amide bonds. The molecule has 28 heavy (non-hydrogen) atoms. The average Bonchev–Trinajstić information content (AvgIpc) is 3.14. The Kier molecular flexibility index (Phi) is 6.50. The summed E-state index contributed by atoms with van der Waals surface area (Å²) in [6, 6.07) is 11.2. The zero-order valence-electron chi connectivity index (χ0n) is 17.4. The van der Waals surface area contributed by atoms with Crippen molar-refractivity contribution in [3.05, 3.63) is 35.9 Å². The fourth-order valence-electron chi connectivity index (χ4n) is 4.95. The van der Waals surface area contributed by atoms with Gasteiger partial charge in [0, 0.05) is 46.3 Å². The van der Waals surface area contributed by atoms with Crippen molar-refractivity contribution < 1.29 is 4.74 Å². The summed E-state index contributed by atoms with van der Waals surface area (Å²) in [5.41, 5.74) is 1.38. The second-order valence-electron chi connectivity index (χ2n) is 8.54. The molecule has 1 N–H and O–H groups in total. The molecule has 3 aliphatic rings. The van der Waals surface area contributed by atoms with E-state index in [1.165, 1.54) is 31.5 Å². The molecule has 154 valence electrons. The van der Waals surface area contributed by atoms with E-state index >= 15 is 0 Å². The highest BCUT2D eigenvalue weighted by molar-refractivity contribution is 5.80. The molecule has 6 heteroatoms. The largest absolute Gasteiger partial charge is 0.373 e. The van der Waals surface area contributed by atoms with Crippen LogP contribution in [0.3, 0.4) is 0 Å². The SMILES string of the molecule is CN=C(NCC1CCCN(C)C1)N1CC2OCCN(Cc3ccccc3)C2C1. The predicted octanol–water partition coefficient (Wildman–Crippen LogP) is 1.49. The number of benzene rings is 1. The summed E-state index contributed by atoms with van der Waals surface area (Å²) < 4.78 is 6.13. The molecule has 3 saturated heterocycles. The van der Waals surface area contributed by atoms with Crippen molar-refractivity contribution >= 4 is 5.96 Å². The molecule has 4 rings (SSSR count). The number of piperidine rings is 1. The Hall–Kier alpha value is -1.63. The molecular formula is C22H35N5O. The second-order valence-corrected chi connectivity index (χ2v) is 8.54. The normalized spacial score (nSPS) is 29.7. The number of hydrogen-bond acceptors (Lipinski definition) is 4. The van der Waals surface area contributed by atoms with Gasteiger partial charge in [-0.1, -0.05) is 30.3 Å². The van der Waals surface area contributed by atoms with Gasteiger partial charge < -0.3 is 19.9 Å². The Morgan fingerprint density at radius 1 is 1.18 bits per heavy atom. The van der Waals surface area contributed by atoms with Crippen LogP contribution in [0.25, 0.3) is 0 Å². The number of likely N-dealkylation sites (tertiary alicyclic amines) is 2. The van der Waals surface area contributed by atoms with Gasteiger partial charge >= 0.3 is 0 Å². The third-order valence-corrected chi connectivity index (χ3v) is 6.43. The minimum atomic E-state index is 0.275. The molecule has 0 aliphatic carbocycles. The van der Waals surface area contributed by atoms with Gasteiger partial charge in [0.05, 0.1) is 18.8 Å². The van der Waals surface area contributed by atoms with Gasteiger partial charge in [0.2, 0.25) is 0 Å². The molecule has 1 aromatic carbocycles. The Labute approximate surface area is 169 Å². The molecule has 3 unspecified atom stereocenters. The molecule has 3 atom stereocenters. The first-order valence-electron chi connectivity index (χ1n) is 10.8. The Morgan fingerprint density at radius 3 is 2.82 bits per heavy atom. The van der Waals surface area contributed by atoms with Crippen LogP contribution in [0.2, 0.25) is 0 Å². The number of rotatable bonds is 4. The number of aliphatic imine (C=N–C) groups is 1. The van der Waals surface area contributed by atoms with Crippen molar-refractivity contribution in [2.24, 2.45) is 10.9 Å². The van der Waals surface area contributed by atoms with Gasteiger partial charge in [-0.25, -0.2) is 0 Å². The van der Waals surface area contributed by atoms with Crippen molar-refractivity contribution in [3.63, 3.8) is 0 Å². The van der Waals surface area contributed by atoms with E-state index in [1.807, 2.05) is 7.05 Å². The fraction of sp³-hybridized carbons (Fsp3) is 0.682. The van der Waals surface area contributed by atoms with Crippen molar-refractivity contribution in [1.29, 1.82) is 0 Å². The molecule has 3 fully saturated rings. The number of nitrogens with zero attached hydrogens (tertiary/aromatic N) is 4. The highest BCUT2D eigenvalue weighted by Gasteiger charge is 2.41. The van der Waals surface area contributed by atoms with Crippen molar-refractivity contribution in [1.82, 2.24) is 20.0 Å². The highest BCUT2D eigenvalue weighted by Crippen LogP contribution is 2.25. The number of fused-ring (bicyclic) bond motifs is 1. The van der Waals surface area contributed by atoms with Crippen LogP contribution in [0, 0.1) is 5.92 Å². The van der Waals surface area contributed by atoms with Crippen LogP contribution >= 0.6 is 0 Å². The summed E-state index contributed by atoms with van der Waals surface area (Å²) >= 11 is 0. The summed E-state index contributed by atoms with van der Waals surface area (Å²) in [7, 11) is 4.13. The van der Waals surface area contributed by atoms with Crippen LogP contribution in [0.15, 0.2) is 35.3 Å². The van der Waals surface area contributed by atoms with Crippen LogP contribution in [0.5, 0.6) is 0 Å². The lowest BCUT2D eigenvalue weighted by Crippen LogP contribution is -2.50. The van der Waals surface area contributed by atoms with E-state index in [4.69, 9.17) is 4.74 Å². The Balaban J connectivity index is 1.34. The first-order chi connectivity index (χ1) is 13.7. The molecule has 0 spiro atoms. The van der Waals surface area contributed by atoms with Crippen LogP contribution in [0.1, 0.15) is 18.4 Å². The number of guanidine groups is 1. The number of morpholine rings is 1. The van der Waals surface area contributed by atoms with E-state index < -0.39 is 0 Å². The van der Waals surface area contributed by atoms with Crippen molar-refractivity contribution in [3.8, 4) is 0 Å². The maximum absolute atomic E-state index is 6.13. The van der Waals surface area contributed by atoms with E-state index in [9.17, 15) is 0 Å². The maximum atomic E-state index is 6.13. The molecule has 0 radical (unpaired) electrons. The first kappa shape index (κ1) is 19.7. The number of hydrogen-bond donors (Lipinski definition) is 1. The minimum Gasteiger partial charge on any atom is -0.373 e. The van der Waals surface area contributed by atoms with Gasteiger partial charge in [0.25, 0.3) is 0 Å². The molecule has 0 bridgehead atoms. The van der Waals surface area contributed by atoms with Gasteiger partial charge in [-0.05, 0) is 37.9 Å². The lowest BCUT2D eigenvalue weighted by atomic mass is 9.99. The zero-order chi connectivity index (χ0) is 19.3. The number of ether oxygens (including phenoxy) is 1. The topological polar surface area (TPSA) is 43.3 Å². The molecular weight excluding hydrogens is 350 g/mol. The zero-order valence-corrected chi connectivity index (χ0v) is 17.4. The summed E-state index contributed by atoms with van der Waals surface area (Å²) in [5.74, 6) is 1.75. The summed E-state index contributed by atoms with van der Waals surface area (Å²) in [4.78, 5) is 12.0. The minimum absolute atomic E-state index is 0.275. The Bertz CT molecular complexity index is 652. The van der Waals surface area contributed by atoms with E-state index in [1.54, 1.807) is 0 Å². The third kappa shape index (κ3) is 4.67. The Morgan fingerprint density at radius 2 is 2.04 bits per heavy atom. The van der Waals surface area contributed by atoms with Crippen LogP contribution < -0.4 is 5.32 Å². The van der Waals surface area contributed by atoms with Gasteiger partial charge in [-0.3, -0.25) is 9.89 Å².